The van der Waals surface area contributed by atoms with E-state index in [0.29, 0.717) is 37.3 Å². The van der Waals surface area contributed by atoms with Crippen LogP contribution in [0.25, 0.3) is 0 Å². The van der Waals surface area contributed by atoms with Crippen LogP contribution in [0.4, 0.5) is 4.39 Å². The van der Waals surface area contributed by atoms with Crippen LogP contribution >= 0.6 is 0 Å². The maximum absolute atomic E-state index is 13.2. The monoisotopic (exact) mass is 329 g/mol. The predicted molar refractivity (Wildman–Crippen MR) is 85.3 cm³/mol. The Bertz CT molecular complexity index is 782. The van der Waals surface area contributed by atoms with Crippen molar-refractivity contribution < 1.29 is 9.50 Å². The minimum absolute atomic E-state index is 0.185. The number of hydrogen-bond donors (Lipinski definition) is 1. The molecular weight excluding hydrogens is 309 g/mol. The Hall–Kier alpha value is -2.30. The maximum atomic E-state index is 13.2. The second kappa shape index (κ2) is 6.30. The lowest BCUT2D eigenvalue weighted by molar-refractivity contribution is 0.0408. The lowest BCUT2D eigenvalue weighted by atomic mass is 10.00. The number of hydrogen-bond acceptors (Lipinski definition) is 5. The van der Waals surface area contributed by atoms with Crippen molar-refractivity contribution in [3.63, 3.8) is 0 Å². The Morgan fingerprint density at radius 2 is 2.25 bits per heavy atom. The van der Waals surface area contributed by atoms with Gasteiger partial charge in [0.2, 0.25) is 0 Å². The molecule has 0 unspecified atom stereocenters. The average molecular weight is 329 g/mol. The zero-order chi connectivity index (χ0) is 17.3. The lowest BCUT2D eigenvalue weighted by Crippen LogP contribution is -2.31. The van der Waals surface area contributed by atoms with Gasteiger partial charge in [0.05, 0.1) is 17.8 Å². The number of likely N-dealkylation sites (tertiary alicyclic amines) is 1. The standard InChI is InChI=1S/C17H20FN5O/c1-12(2)23-10-16(20-21-23)17(24)5-6-22(11-17)9-13-3-4-15(18)7-14(13)8-19/h3-4,7,10,12,24H,5-6,9,11H2,1-2H3/t17-/m0/s1. The average Bonchev–Trinajstić information content (AvgIpc) is 3.17. The predicted octanol–water partition coefficient (Wildman–Crippen LogP) is 1.96. The molecule has 1 aromatic carbocycles. The molecule has 126 valence electrons. The van der Waals surface area contributed by atoms with Crippen molar-refractivity contribution in [2.75, 3.05) is 13.1 Å². The third-order valence-corrected chi connectivity index (χ3v) is 4.43. The highest BCUT2D eigenvalue weighted by Crippen LogP contribution is 2.32. The molecule has 24 heavy (non-hydrogen) atoms. The summed E-state index contributed by atoms with van der Waals surface area (Å²) in [5, 5.41) is 28.2. The number of rotatable bonds is 4. The number of aliphatic hydroxyl groups is 1. The highest BCUT2D eigenvalue weighted by Gasteiger charge is 2.40. The fourth-order valence-corrected chi connectivity index (χ4v) is 2.99. The van der Waals surface area contributed by atoms with Gasteiger partial charge in [0.15, 0.2) is 0 Å². The summed E-state index contributed by atoms with van der Waals surface area (Å²) in [6.07, 6.45) is 2.33. The molecule has 0 amide bonds. The number of β-amino-alcohol motifs (C(OH)–C–C–N with tert-alkyl or cyclic N) is 1. The molecule has 1 aliphatic heterocycles. The minimum Gasteiger partial charge on any atom is -0.382 e. The van der Waals surface area contributed by atoms with E-state index in [0.717, 1.165) is 5.56 Å². The molecule has 1 aliphatic rings. The van der Waals surface area contributed by atoms with Crippen molar-refractivity contribution >= 4 is 0 Å². The third-order valence-electron chi connectivity index (χ3n) is 4.43. The fourth-order valence-electron chi connectivity index (χ4n) is 2.99. The van der Waals surface area contributed by atoms with E-state index >= 15 is 0 Å². The molecule has 1 atom stereocenters. The zero-order valence-corrected chi connectivity index (χ0v) is 13.8. The van der Waals surface area contributed by atoms with Gasteiger partial charge in [-0.1, -0.05) is 11.3 Å². The molecule has 3 rings (SSSR count). The largest absolute Gasteiger partial charge is 0.382 e. The van der Waals surface area contributed by atoms with E-state index in [1.54, 1.807) is 16.9 Å². The first-order valence-corrected chi connectivity index (χ1v) is 7.97. The molecule has 0 spiro atoms. The number of benzene rings is 1. The minimum atomic E-state index is -1.04. The molecule has 0 bridgehead atoms. The van der Waals surface area contributed by atoms with E-state index in [1.807, 2.05) is 24.8 Å². The van der Waals surface area contributed by atoms with Gasteiger partial charge in [-0.05, 0) is 38.0 Å². The Labute approximate surface area is 140 Å². The fraction of sp³-hybridized carbons (Fsp3) is 0.471. The Balaban J connectivity index is 1.74. The molecule has 0 aliphatic carbocycles. The summed E-state index contributed by atoms with van der Waals surface area (Å²) in [7, 11) is 0. The van der Waals surface area contributed by atoms with Crippen molar-refractivity contribution in [2.24, 2.45) is 0 Å². The Kier molecular flexibility index (Phi) is 4.35. The molecular formula is C17H20FN5O. The SMILES string of the molecule is CC(C)n1cc([C@]2(O)CCN(Cc3ccc(F)cc3C#N)C2)nn1. The number of nitriles is 1. The van der Waals surface area contributed by atoms with Gasteiger partial charge in [0.1, 0.15) is 17.1 Å². The molecule has 0 radical (unpaired) electrons. The lowest BCUT2D eigenvalue weighted by Gasteiger charge is -2.21. The van der Waals surface area contributed by atoms with E-state index < -0.39 is 11.4 Å². The Morgan fingerprint density at radius 3 is 2.92 bits per heavy atom. The molecule has 6 nitrogen and oxygen atoms in total. The van der Waals surface area contributed by atoms with Gasteiger partial charge in [-0.2, -0.15) is 5.26 Å². The topological polar surface area (TPSA) is 78.0 Å². The van der Waals surface area contributed by atoms with Crippen LogP contribution in [0.1, 0.15) is 43.1 Å². The summed E-state index contributed by atoms with van der Waals surface area (Å²) >= 11 is 0. The summed E-state index contributed by atoms with van der Waals surface area (Å²) in [5.41, 5.74) is 0.614. The smallest absolute Gasteiger partial charge is 0.124 e. The van der Waals surface area contributed by atoms with Crippen molar-refractivity contribution in [3.05, 3.63) is 47.0 Å². The second-order valence-electron chi connectivity index (χ2n) is 6.58. The van der Waals surface area contributed by atoms with Crippen molar-refractivity contribution in [1.82, 2.24) is 19.9 Å². The van der Waals surface area contributed by atoms with Crippen LogP contribution in [0.15, 0.2) is 24.4 Å². The molecule has 2 aromatic rings. The van der Waals surface area contributed by atoms with Gasteiger partial charge in [0, 0.05) is 25.7 Å². The number of nitrogens with zero attached hydrogens (tertiary/aromatic N) is 5. The quantitative estimate of drug-likeness (QED) is 0.928. The van der Waals surface area contributed by atoms with Crippen LogP contribution in [-0.4, -0.2) is 38.1 Å². The first kappa shape index (κ1) is 16.6. The molecule has 1 saturated heterocycles. The van der Waals surface area contributed by atoms with Gasteiger partial charge in [-0.3, -0.25) is 4.90 Å². The summed E-state index contributed by atoms with van der Waals surface area (Å²) < 4.78 is 15.0. The van der Waals surface area contributed by atoms with E-state index in [-0.39, 0.29) is 6.04 Å². The van der Waals surface area contributed by atoms with E-state index in [2.05, 4.69) is 10.3 Å². The summed E-state index contributed by atoms with van der Waals surface area (Å²) in [5.74, 6) is -0.418. The highest BCUT2D eigenvalue weighted by atomic mass is 19.1. The van der Waals surface area contributed by atoms with Crippen LogP contribution in [0.3, 0.4) is 0 Å². The van der Waals surface area contributed by atoms with Gasteiger partial charge in [-0.25, -0.2) is 9.07 Å². The maximum Gasteiger partial charge on any atom is 0.124 e. The van der Waals surface area contributed by atoms with Crippen LogP contribution < -0.4 is 0 Å². The number of halogens is 1. The van der Waals surface area contributed by atoms with E-state index in [9.17, 15) is 9.50 Å². The van der Waals surface area contributed by atoms with Crippen LogP contribution in [0.5, 0.6) is 0 Å². The normalized spacial score (nSPS) is 21.3. The third kappa shape index (κ3) is 3.16. The van der Waals surface area contributed by atoms with Crippen LogP contribution in [0.2, 0.25) is 0 Å². The zero-order valence-electron chi connectivity index (χ0n) is 13.8. The first-order chi connectivity index (χ1) is 11.4. The molecule has 0 saturated carbocycles. The van der Waals surface area contributed by atoms with Crippen molar-refractivity contribution in [2.45, 2.75) is 38.5 Å². The van der Waals surface area contributed by atoms with Gasteiger partial charge < -0.3 is 5.11 Å². The van der Waals surface area contributed by atoms with Gasteiger partial charge >= 0.3 is 0 Å². The molecule has 1 aromatic heterocycles. The molecule has 7 heteroatoms. The highest BCUT2D eigenvalue weighted by molar-refractivity contribution is 5.38. The van der Waals surface area contributed by atoms with E-state index in [4.69, 9.17) is 5.26 Å². The molecule has 1 fully saturated rings. The summed E-state index contributed by atoms with van der Waals surface area (Å²) in [6.45, 7) is 5.58. The van der Waals surface area contributed by atoms with Crippen molar-refractivity contribution in [1.29, 1.82) is 5.26 Å². The first-order valence-electron chi connectivity index (χ1n) is 7.97. The van der Waals surface area contributed by atoms with Crippen molar-refractivity contribution in [3.8, 4) is 6.07 Å². The van der Waals surface area contributed by atoms with Crippen LogP contribution in [0, 0.1) is 17.1 Å². The van der Waals surface area contributed by atoms with Crippen LogP contribution in [-0.2, 0) is 12.1 Å². The number of aromatic nitrogens is 3. The summed E-state index contributed by atoms with van der Waals surface area (Å²) in [4.78, 5) is 2.04. The van der Waals surface area contributed by atoms with Gasteiger partial charge in [-0.15, -0.1) is 5.10 Å². The molecule has 1 N–H and O–H groups in total. The van der Waals surface area contributed by atoms with E-state index in [1.165, 1.54) is 12.1 Å². The second-order valence-corrected chi connectivity index (χ2v) is 6.58. The van der Waals surface area contributed by atoms with Gasteiger partial charge in [0.25, 0.3) is 0 Å². The summed E-state index contributed by atoms with van der Waals surface area (Å²) in [6, 6.07) is 6.43. The molecule has 2 heterocycles. The Morgan fingerprint density at radius 1 is 1.46 bits per heavy atom.